The van der Waals surface area contributed by atoms with E-state index in [4.69, 9.17) is 15.3 Å². The van der Waals surface area contributed by atoms with Crippen LogP contribution in [0.3, 0.4) is 0 Å². The molecule has 0 fully saturated rings. The number of amides is 1. The van der Waals surface area contributed by atoms with Gasteiger partial charge in [0, 0.05) is 12.8 Å². The van der Waals surface area contributed by atoms with Crippen LogP contribution < -0.4 is 5.32 Å². The Morgan fingerprint density at radius 1 is 1.12 bits per heavy atom. The van der Waals surface area contributed by atoms with Crippen molar-refractivity contribution < 1.29 is 34.5 Å². The van der Waals surface area contributed by atoms with Crippen LogP contribution in [-0.2, 0) is 19.2 Å². The monoisotopic (exact) mass is 247 g/mol. The highest BCUT2D eigenvalue weighted by Gasteiger charge is 2.52. The Hall–Kier alpha value is -2.12. The first kappa shape index (κ1) is 14.9. The zero-order valence-electron chi connectivity index (χ0n) is 9.26. The molecule has 0 bridgehead atoms. The Labute approximate surface area is 96.2 Å². The molecule has 96 valence electrons. The van der Waals surface area contributed by atoms with Gasteiger partial charge in [-0.15, -0.1) is 0 Å². The van der Waals surface area contributed by atoms with Gasteiger partial charge in [0.15, 0.2) is 0 Å². The van der Waals surface area contributed by atoms with Gasteiger partial charge in [0.25, 0.3) is 0 Å². The SMILES string of the molecule is CC(=O)NC(C(=O)O)(C(=O)O)[C@H](C)CC(=O)O. The van der Waals surface area contributed by atoms with Gasteiger partial charge in [-0.25, -0.2) is 9.59 Å². The Balaban J connectivity index is 5.46. The van der Waals surface area contributed by atoms with Gasteiger partial charge in [-0.3, -0.25) is 9.59 Å². The summed E-state index contributed by atoms with van der Waals surface area (Å²) in [6.07, 6.45) is -0.696. The first-order valence-corrected chi connectivity index (χ1v) is 4.62. The van der Waals surface area contributed by atoms with E-state index in [0.29, 0.717) is 0 Å². The van der Waals surface area contributed by atoms with E-state index >= 15 is 0 Å². The summed E-state index contributed by atoms with van der Waals surface area (Å²) >= 11 is 0. The molecule has 1 amide bonds. The number of hydrogen-bond acceptors (Lipinski definition) is 4. The van der Waals surface area contributed by atoms with Crippen LogP contribution in [0, 0.1) is 5.92 Å². The average molecular weight is 247 g/mol. The lowest BCUT2D eigenvalue weighted by Gasteiger charge is -2.30. The van der Waals surface area contributed by atoms with Crippen LogP contribution >= 0.6 is 0 Å². The third-order valence-electron chi connectivity index (χ3n) is 2.27. The Morgan fingerprint density at radius 3 is 1.76 bits per heavy atom. The highest BCUT2D eigenvalue weighted by atomic mass is 16.4. The predicted octanol–water partition coefficient (Wildman–Crippen LogP) is -0.859. The molecule has 0 aliphatic heterocycles. The fraction of sp³-hybridized carbons (Fsp3) is 0.556. The molecule has 0 aromatic carbocycles. The van der Waals surface area contributed by atoms with Crippen molar-refractivity contribution in [2.24, 2.45) is 5.92 Å². The molecule has 4 N–H and O–H groups in total. The molecule has 8 nitrogen and oxygen atoms in total. The summed E-state index contributed by atoms with van der Waals surface area (Å²) in [4.78, 5) is 43.4. The van der Waals surface area contributed by atoms with Gasteiger partial charge in [0.05, 0.1) is 6.42 Å². The maximum Gasteiger partial charge on any atom is 0.341 e. The molecule has 0 aromatic rings. The third kappa shape index (κ3) is 3.16. The standard InChI is InChI=1S/C9H13NO7/c1-4(3-6(12)13)9(7(14)15,8(16)17)10-5(2)11/h4H,3H2,1-2H3,(H,10,11)(H,12,13)(H,14,15)(H,16,17)/t4-/m1/s1. The van der Waals surface area contributed by atoms with Gasteiger partial charge in [0.1, 0.15) is 0 Å². The van der Waals surface area contributed by atoms with Gasteiger partial charge in [-0.05, 0) is 0 Å². The zero-order valence-corrected chi connectivity index (χ0v) is 9.26. The van der Waals surface area contributed by atoms with E-state index in [1.54, 1.807) is 5.32 Å². The average Bonchev–Trinajstić information content (AvgIpc) is 2.10. The van der Waals surface area contributed by atoms with Crippen LogP contribution in [-0.4, -0.2) is 44.7 Å². The number of carbonyl (C=O) groups excluding carboxylic acids is 1. The normalized spacial score (nSPS) is 12.6. The smallest absolute Gasteiger partial charge is 0.341 e. The minimum absolute atomic E-state index is 0.696. The maximum absolute atomic E-state index is 11.0. The van der Waals surface area contributed by atoms with Gasteiger partial charge in [-0.2, -0.15) is 0 Å². The van der Waals surface area contributed by atoms with E-state index in [0.717, 1.165) is 13.8 Å². The number of nitrogens with one attached hydrogen (secondary N) is 1. The molecule has 0 spiro atoms. The summed E-state index contributed by atoms with van der Waals surface area (Å²) < 4.78 is 0. The molecule has 0 aliphatic carbocycles. The molecule has 0 saturated carbocycles. The highest BCUT2D eigenvalue weighted by Crippen LogP contribution is 2.22. The fourth-order valence-corrected chi connectivity index (χ4v) is 1.44. The molecular weight excluding hydrogens is 234 g/mol. The zero-order chi connectivity index (χ0) is 13.8. The number of hydrogen-bond donors (Lipinski definition) is 4. The van der Waals surface area contributed by atoms with Crippen molar-refractivity contribution in [3.8, 4) is 0 Å². The van der Waals surface area contributed by atoms with E-state index in [9.17, 15) is 19.2 Å². The second kappa shape index (κ2) is 5.28. The number of rotatable bonds is 6. The Kier molecular flexibility index (Phi) is 4.62. The van der Waals surface area contributed by atoms with Gasteiger partial charge in [-0.1, -0.05) is 6.92 Å². The van der Waals surface area contributed by atoms with Crippen molar-refractivity contribution in [2.45, 2.75) is 25.8 Å². The molecular formula is C9H13NO7. The molecule has 0 saturated heterocycles. The fourth-order valence-electron chi connectivity index (χ4n) is 1.44. The van der Waals surface area contributed by atoms with E-state index < -0.39 is 41.7 Å². The van der Waals surface area contributed by atoms with Gasteiger partial charge >= 0.3 is 17.9 Å². The summed E-state index contributed by atoms with van der Waals surface area (Å²) in [5.74, 6) is -7.15. The molecule has 1 atom stereocenters. The second-order valence-electron chi connectivity index (χ2n) is 3.60. The van der Waals surface area contributed by atoms with Crippen molar-refractivity contribution in [2.75, 3.05) is 0 Å². The topological polar surface area (TPSA) is 141 Å². The van der Waals surface area contributed by atoms with Crippen molar-refractivity contribution in [3.05, 3.63) is 0 Å². The molecule has 0 unspecified atom stereocenters. The lowest BCUT2D eigenvalue weighted by Crippen LogP contribution is -2.64. The van der Waals surface area contributed by atoms with Crippen LogP contribution in [0.2, 0.25) is 0 Å². The Bertz CT molecular complexity index is 348. The van der Waals surface area contributed by atoms with Crippen molar-refractivity contribution >= 4 is 23.8 Å². The number of carboxylic acid groups (broad SMARTS) is 3. The molecule has 0 aliphatic rings. The van der Waals surface area contributed by atoms with Crippen molar-refractivity contribution in [1.82, 2.24) is 5.32 Å². The molecule has 0 radical (unpaired) electrons. The van der Waals surface area contributed by atoms with Crippen LogP contribution in [0.15, 0.2) is 0 Å². The van der Waals surface area contributed by atoms with E-state index in [1.807, 2.05) is 0 Å². The summed E-state index contributed by atoms with van der Waals surface area (Å²) in [6.45, 7) is 2.08. The van der Waals surface area contributed by atoms with Crippen LogP contribution in [0.25, 0.3) is 0 Å². The first-order valence-electron chi connectivity index (χ1n) is 4.62. The van der Waals surface area contributed by atoms with Crippen molar-refractivity contribution in [1.29, 1.82) is 0 Å². The summed E-state index contributed by atoms with van der Waals surface area (Å²) in [7, 11) is 0. The molecule has 17 heavy (non-hydrogen) atoms. The summed E-state index contributed by atoms with van der Waals surface area (Å²) in [6, 6.07) is 0. The molecule has 0 aromatic heterocycles. The largest absolute Gasteiger partial charge is 0.481 e. The van der Waals surface area contributed by atoms with Crippen LogP contribution in [0.5, 0.6) is 0 Å². The van der Waals surface area contributed by atoms with Gasteiger partial charge < -0.3 is 20.6 Å². The molecule has 0 heterocycles. The van der Waals surface area contributed by atoms with Gasteiger partial charge in [0.2, 0.25) is 11.4 Å². The Morgan fingerprint density at radius 2 is 1.53 bits per heavy atom. The summed E-state index contributed by atoms with van der Waals surface area (Å²) in [5.41, 5.74) is -2.63. The van der Waals surface area contributed by atoms with E-state index in [2.05, 4.69) is 0 Å². The maximum atomic E-state index is 11.0. The number of aliphatic carboxylic acids is 3. The quantitative estimate of drug-likeness (QED) is 0.447. The summed E-state index contributed by atoms with van der Waals surface area (Å²) in [5, 5.41) is 28.2. The molecule has 0 rings (SSSR count). The minimum atomic E-state index is -2.63. The minimum Gasteiger partial charge on any atom is -0.481 e. The second-order valence-corrected chi connectivity index (χ2v) is 3.60. The first-order chi connectivity index (χ1) is 7.64. The highest BCUT2D eigenvalue weighted by molar-refractivity contribution is 6.06. The predicted molar refractivity (Wildman–Crippen MR) is 53.2 cm³/mol. The number of carbonyl (C=O) groups is 4. The van der Waals surface area contributed by atoms with E-state index in [-0.39, 0.29) is 0 Å². The molecule has 8 heteroatoms. The van der Waals surface area contributed by atoms with Crippen LogP contribution in [0.1, 0.15) is 20.3 Å². The lowest BCUT2D eigenvalue weighted by atomic mass is 9.82. The number of carboxylic acids is 3. The third-order valence-corrected chi connectivity index (χ3v) is 2.27. The van der Waals surface area contributed by atoms with Crippen LogP contribution in [0.4, 0.5) is 0 Å². The lowest BCUT2D eigenvalue weighted by molar-refractivity contribution is -0.165. The van der Waals surface area contributed by atoms with Crippen molar-refractivity contribution in [3.63, 3.8) is 0 Å². The van der Waals surface area contributed by atoms with E-state index in [1.165, 1.54) is 0 Å².